The van der Waals surface area contributed by atoms with Gasteiger partial charge < -0.3 is 0 Å². The number of rotatable bonds is 2. The van der Waals surface area contributed by atoms with E-state index < -0.39 is 5.41 Å². The minimum absolute atomic E-state index is 0.0390. The fraction of sp³-hybridized carbons (Fsp3) is 0.531. The Balaban J connectivity index is 2.06. The van der Waals surface area contributed by atoms with Crippen molar-refractivity contribution in [3.8, 4) is 11.8 Å². The van der Waals surface area contributed by atoms with Crippen LogP contribution in [-0.2, 0) is 16.0 Å². The van der Waals surface area contributed by atoms with Gasteiger partial charge in [-0.1, -0.05) is 44.8 Å². The van der Waals surface area contributed by atoms with E-state index in [9.17, 15) is 14.4 Å². The number of carbonyl (C=O) groups is 3. The third-order valence-corrected chi connectivity index (χ3v) is 9.46. The van der Waals surface area contributed by atoms with E-state index in [0.29, 0.717) is 12.0 Å². The van der Waals surface area contributed by atoms with Gasteiger partial charge in [0, 0.05) is 22.1 Å². The molecule has 0 saturated heterocycles. The maximum Gasteiger partial charge on any atom is 0.190 e. The summed E-state index contributed by atoms with van der Waals surface area (Å²) in [6, 6.07) is 2.18. The van der Waals surface area contributed by atoms with Crippen LogP contribution >= 0.6 is 0 Å². The maximum atomic E-state index is 14.4. The molecular weight excluding hydrogens is 432 g/mol. The zero-order valence-electron chi connectivity index (χ0n) is 23.0. The first-order valence-corrected chi connectivity index (χ1v) is 12.8. The second-order valence-corrected chi connectivity index (χ2v) is 12.2. The molecule has 0 saturated carbocycles. The molecule has 0 fully saturated rings. The van der Waals surface area contributed by atoms with Gasteiger partial charge in [-0.25, -0.2) is 0 Å². The molecule has 0 aliphatic heterocycles. The van der Waals surface area contributed by atoms with Crippen molar-refractivity contribution >= 4 is 17.3 Å². The lowest BCUT2D eigenvalue weighted by Crippen LogP contribution is -2.57. The van der Waals surface area contributed by atoms with Gasteiger partial charge in [0.2, 0.25) is 0 Å². The normalized spacial score (nSPS) is 30.0. The van der Waals surface area contributed by atoms with Crippen molar-refractivity contribution in [2.24, 2.45) is 16.2 Å². The van der Waals surface area contributed by atoms with Crippen LogP contribution in [-0.4, -0.2) is 17.3 Å². The van der Waals surface area contributed by atoms with Gasteiger partial charge >= 0.3 is 0 Å². The molecule has 4 rings (SSSR count). The maximum absolute atomic E-state index is 14.4. The van der Waals surface area contributed by atoms with Crippen molar-refractivity contribution in [3.05, 3.63) is 56.2 Å². The second kappa shape index (κ2) is 7.89. The number of fused-ring (bicyclic) bond motifs is 3. The highest BCUT2D eigenvalue weighted by Gasteiger charge is 2.63. The van der Waals surface area contributed by atoms with Crippen molar-refractivity contribution in [3.63, 3.8) is 0 Å². The highest BCUT2D eigenvalue weighted by molar-refractivity contribution is 6.24. The fourth-order valence-electron chi connectivity index (χ4n) is 7.79. The summed E-state index contributed by atoms with van der Waals surface area (Å²) in [4.78, 5) is 40.9. The summed E-state index contributed by atoms with van der Waals surface area (Å²) in [6.45, 7) is 19.9. The number of hydrogen-bond acceptors (Lipinski definition) is 3. The molecule has 1 aromatic carbocycles. The van der Waals surface area contributed by atoms with Crippen LogP contribution in [0.1, 0.15) is 114 Å². The van der Waals surface area contributed by atoms with Crippen LogP contribution < -0.4 is 0 Å². The van der Waals surface area contributed by atoms with Gasteiger partial charge in [-0.15, -0.1) is 5.92 Å². The smallest absolute Gasteiger partial charge is 0.190 e. The third-order valence-electron chi connectivity index (χ3n) is 9.46. The van der Waals surface area contributed by atoms with Crippen molar-refractivity contribution in [1.29, 1.82) is 0 Å². The molecule has 3 unspecified atom stereocenters. The molecule has 3 aliphatic rings. The number of hydrogen-bond donors (Lipinski definition) is 0. The standard InChI is InChI=1S/C32H38O3/c1-11-12-22-13-23(17(2)3)24-15-30(8)16-31(9)14-18(4)25(21(7)33)29(35)32(31,10)20(6)27(30)28(34)26(24)19(22)5/h13,17H,14-16H2,1-10H3. The highest BCUT2D eigenvalue weighted by Crippen LogP contribution is 2.66. The lowest BCUT2D eigenvalue weighted by molar-refractivity contribution is -0.134. The molecule has 3 nitrogen and oxygen atoms in total. The highest BCUT2D eigenvalue weighted by atomic mass is 16.2. The Morgan fingerprint density at radius 3 is 2.23 bits per heavy atom. The Morgan fingerprint density at radius 2 is 1.69 bits per heavy atom. The summed E-state index contributed by atoms with van der Waals surface area (Å²) in [6.07, 6.45) is 2.19. The zero-order chi connectivity index (χ0) is 26.2. The third kappa shape index (κ3) is 3.22. The number of carbonyl (C=O) groups excluding carboxylic acids is 3. The van der Waals surface area contributed by atoms with Crippen LogP contribution in [0.5, 0.6) is 0 Å². The Bertz CT molecular complexity index is 1340. The summed E-state index contributed by atoms with van der Waals surface area (Å²) in [5, 5.41) is 0. The van der Waals surface area contributed by atoms with Crippen LogP contribution in [0, 0.1) is 35.0 Å². The molecule has 3 heteroatoms. The molecule has 184 valence electrons. The van der Waals surface area contributed by atoms with Gasteiger partial charge in [0.15, 0.2) is 17.3 Å². The van der Waals surface area contributed by atoms with E-state index in [4.69, 9.17) is 0 Å². The van der Waals surface area contributed by atoms with E-state index in [1.54, 1.807) is 0 Å². The van der Waals surface area contributed by atoms with Crippen molar-refractivity contribution in [2.45, 2.75) is 94.4 Å². The molecule has 0 spiro atoms. The van der Waals surface area contributed by atoms with Gasteiger partial charge in [0.25, 0.3) is 0 Å². The predicted molar refractivity (Wildman–Crippen MR) is 140 cm³/mol. The zero-order valence-corrected chi connectivity index (χ0v) is 23.0. The first-order valence-electron chi connectivity index (χ1n) is 12.8. The minimum Gasteiger partial charge on any atom is -0.294 e. The van der Waals surface area contributed by atoms with Crippen LogP contribution in [0.15, 0.2) is 28.4 Å². The Hall–Kier alpha value is -2.73. The average Bonchev–Trinajstić information content (AvgIpc) is 2.72. The number of ketones is 3. The first-order chi connectivity index (χ1) is 16.1. The van der Waals surface area contributed by atoms with E-state index in [1.807, 2.05) is 34.6 Å². The summed E-state index contributed by atoms with van der Waals surface area (Å²) >= 11 is 0. The van der Waals surface area contributed by atoms with Crippen LogP contribution in [0.2, 0.25) is 0 Å². The number of allylic oxidation sites excluding steroid dienone is 4. The van der Waals surface area contributed by atoms with Crippen LogP contribution in [0.4, 0.5) is 0 Å². The van der Waals surface area contributed by atoms with Crippen LogP contribution in [0.25, 0.3) is 0 Å². The Morgan fingerprint density at radius 1 is 1.06 bits per heavy atom. The summed E-state index contributed by atoms with van der Waals surface area (Å²) in [5.41, 5.74) is 6.17. The topological polar surface area (TPSA) is 51.2 Å². The molecule has 1 aromatic rings. The Kier molecular flexibility index (Phi) is 5.72. The van der Waals surface area contributed by atoms with Gasteiger partial charge in [0.05, 0.1) is 11.0 Å². The van der Waals surface area contributed by atoms with E-state index in [1.165, 1.54) is 12.5 Å². The largest absolute Gasteiger partial charge is 0.294 e. The molecule has 0 bridgehead atoms. The van der Waals surface area contributed by atoms with E-state index in [-0.39, 0.29) is 34.1 Å². The number of benzene rings is 1. The Labute approximate surface area is 210 Å². The predicted octanol–water partition coefficient (Wildman–Crippen LogP) is 6.85. The molecule has 0 heterocycles. The fourth-order valence-corrected chi connectivity index (χ4v) is 7.79. The SMILES string of the molecule is CC#Cc1cc(C(C)C)c2c(c1C)C(=O)C1=C(C)C3(C)C(=O)C(C(C)=O)=C(C)CC3(C)CC1(C)C2. The molecule has 0 aromatic heterocycles. The van der Waals surface area contributed by atoms with Gasteiger partial charge in [-0.2, -0.15) is 0 Å². The van der Waals surface area contributed by atoms with Gasteiger partial charge in [-0.05, 0) is 94.9 Å². The van der Waals surface area contributed by atoms with E-state index in [2.05, 4.69) is 45.6 Å². The van der Waals surface area contributed by atoms with Crippen molar-refractivity contribution in [2.75, 3.05) is 0 Å². The van der Waals surface area contributed by atoms with E-state index >= 15 is 0 Å². The monoisotopic (exact) mass is 470 g/mol. The molecule has 0 amide bonds. The summed E-state index contributed by atoms with van der Waals surface area (Å²) in [7, 11) is 0. The average molecular weight is 471 g/mol. The van der Waals surface area contributed by atoms with Gasteiger partial charge in [-0.3, -0.25) is 14.4 Å². The first kappa shape index (κ1) is 25.4. The molecular formula is C32H38O3. The molecule has 3 aliphatic carbocycles. The lowest BCUT2D eigenvalue weighted by Gasteiger charge is -2.59. The quantitative estimate of drug-likeness (QED) is 0.351. The molecule has 0 N–H and O–H groups in total. The molecule has 3 atom stereocenters. The summed E-state index contributed by atoms with van der Waals surface area (Å²) < 4.78 is 0. The van der Waals surface area contributed by atoms with E-state index in [0.717, 1.165) is 51.8 Å². The molecule has 35 heavy (non-hydrogen) atoms. The lowest BCUT2D eigenvalue weighted by atomic mass is 9.42. The minimum atomic E-state index is -0.884. The molecule has 0 radical (unpaired) electrons. The van der Waals surface area contributed by atoms with Crippen molar-refractivity contribution < 1.29 is 14.4 Å². The van der Waals surface area contributed by atoms with Crippen LogP contribution in [0.3, 0.4) is 0 Å². The number of Topliss-reactive ketones (excluding diaryl/α,β-unsaturated/α-hetero) is 3. The second-order valence-electron chi connectivity index (χ2n) is 12.2. The summed E-state index contributed by atoms with van der Waals surface area (Å²) in [5.74, 6) is 6.23. The van der Waals surface area contributed by atoms with Gasteiger partial charge in [0.1, 0.15) is 0 Å². The van der Waals surface area contributed by atoms with Crippen molar-refractivity contribution in [1.82, 2.24) is 0 Å².